The van der Waals surface area contributed by atoms with Crippen molar-refractivity contribution in [3.05, 3.63) is 77.5 Å². The van der Waals surface area contributed by atoms with E-state index in [0.29, 0.717) is 40.4 Å². The first-order valence-corrected chi connectivity index (χ1v) is 9.00. The van der Waals surface area contributed by atoms with Crippen LogP contribution in [0.4, 0.5) is 0 Å². The van der Waals surface area contributed by atoms with Crippen molar-refractivity contribution in [1.29, 1.82) is 0 Å². The van der Waals surface area contributed by atoms with E-state index in [1.807, 2.05) is 37.3 Å². The van der Waals surface area contributed by atoms with Crippen molar-refractivity contribution in [2.24, 2.45) is 0 Å². The Bertz CT molecular complexity index is 1070. The molecule has 1 N–H and O–H groups in total. The highest BCUT2D eigenvalue weighted by Crippen LogP contribution is 2.23. The normalized spacial score (nSPS) is 10.8. The van der Waals surface area contributed by atoms with Gasteiger partial charge in [0.2, 0.25) is 11.8 Å². The van der Waals surface area contributed by atoms with Crippen LogP contribution in [-0.4, -0.2) is 20.2 Å². The number of benzene rings is 1. The lowest BCUT2D eigenvalue weighted by molar-refractivity contribution is 0.220. The molecule has 0 radical (unpaired) electrons. The molecule has 0 fully saturated rings. The number of aliphatic hydroxyl groups excluding tert-OH is 1. The minimum absolute atomic E-state index is 0.113. The van der Waals surface area contributed by atoms with Gasteiger partial charge < -0.3 is 23.5 Å². The molecule has 0 atom stereocenters. The van der Waals surface area contributed by atoms with Crippen molar-refractivity contribution in [1.82, 2.24) is 15.1 Å². The number of rotatable bonds is 8. The zero-order chi connectivity index (χ0) is 20.1. The van der Waals surface area contributed by atoms with Gasteiger partial charge in [0, 0.05) is 23.4 Å². The second-order valence-electron chi connectivity index (χ2n) is 6.22. The Kier molecular flexibility index (Phi) is 5.53. The summed E-state index contributed by atoms with van der Waals surface area (Å²) >= 11 is 0. The first-order valence-electron chi connectivity index (χ1n) is 9.00. The monoisotopic (exact) mass is 393 g/mol. The molecule has 4 rings (SSSR count). The Labute approximate surface area is 166 Å². The van der Waals surface area contributed by atoms with Crippen LogP contribution in [0.1, 0.15) is 22.8 Å². The van der Waals surface area contributed by atoms with Crippen LogP contribution in [0.3, 0.4) is 0 Å². The summed E-state index contributed by atoms with van der Waals surface area (Å²) < 4.78 is 22.2. The summed E-state index contributed by atoms with van der Waals surface area (Å²) in [6, 6.07) is 14.8. The smallest absolute Gasteiger partial charge is 0.254 e. The van der Waals surface area contributed by atoms with Gasteiger partial charge in [0.1, 0.15) is 18.1 Å². The summed E-state index contributed by atoms with van der Waals surface area (Å²) in [5, 5.41) is 13.2. The van der Waals surface area contributed by atoms with E-state index in [1.165, 1.54) is 0 Å². The Balaban J connectivity index is 1.36. The van der Waals surface area contributed by atoms with E-state index < -0.39 is 0 Å². The van der Waals surface area contributed by atoms with Gasteiger partial charge in [-0.15, -0.1) is 0 Å². The molecule has 0 saturated heterocycles. The van der Waals surface area contributed by atoms with E-state index in [1.54, 1.807) is 24.4 Å². The van der Waals surface area contributed by atoms with Crippen LogP contribution in [0, 0.1) is 6.92 Å². The molecule has 3 aromatic heterocycles. The lowest BCUT2D eigenvalue weighted by Gasteiger charge is -2.06. The maximum atomic E-state index is 9.31. The molecule has 0 spiro atoms. The number of aliphatic hydroxyl groups is 1. The van der Waals surface area contributed by atoms with Crippen LogP contribution in [0.2, 0.25) is 0 Å². The van der Waals surface area contributed by atoms with Crippen LogP contribution in [0.25, 0.3) is 11.5 Å². The van der Waals surface area contributed by atoms with Gasteiger partial charge in [0.05, 0.1) is 6.61 Å². The highest BCUT2D eigenvalue weighted by Gasteiger charge is 2.14. The highest BCUT2D eigenvalue weighted by molar-refractivity contribution is 5.53. The second-order valence-corrected chi connectivity index (χ2v) is 6.22. The number of pyridine rings is 1. The average Bonchev–Trinajstić information content (AvgIpc) is 3.38. The zero-order valence-corrected chi connectivity index (χ0v) is 15.7. The molecular formula is C21H19N3O5. The molecule has 0 bridgehead atoms. The van der Waals surface area contributed by atoms with Gasteiger partial charge in [0.25, 0.3) is 5.88 Å². The molecule has 3 heterocycles. The van der Waals surface area contributed by atoms with Gasteiger partial charge in [-0.1, -0.05) is 18.2 Å². The number of aryl methyl sites for hydroxylation is 1. The van der Waals surface area contributed by atoms with Gasteiger partial charge in [0.15, 0.2) is 12.4 Å². The van der Waals surface area contributed by atoms with E-state index >= 15 is 0 Å². The van der Waals surface area contributed by atoms with Crippen molar-refractivity contribution >= 4 is 0 Å². The molecule has 8 heteroatoms. The van der Waals surface area contributed by atoms with E-state index in [0.717, 1.165) is 5.56 Å². The van der Waals surface area contributed by atoms with E-state index in [-0.39, 0.29) is 19.8 Å². The Morgan fingerprint density at radius 1 is 1.03 bits per heavy atom. The Morgan fingerprint density at radius 3 is 2.72 bits per heavy atom. The summed E-state index contributed by atoms with van der Waals surface area (Å²) in [5.41, 5.74) is 2.18. The van der Waals surface area contributed by atoms with E-state index in [4.69, 9.17) is 18.4 Å². The predicted octanol–water partition coefficient (Wildman–Crippen LogP) is 3.68. The molecule has 0 amide bonds. The molecule has 0 saturated carbocycles. The highest BCUT2D eigenvalue weighted by atomic mass is 16.6. The van der Waals surface area contributed by atoms with Gasteiger partial charge in [-0.05, 0) is 36.3 Å². The van der Waals surface area contributed by atoms with Crippen molar-refractivity contribution in [3.8, 4) is 23.2 Å². The molecule has 0 unspecified atom stereocenters. The molecule has 1 aromatic carbocycles. The number of nitrogens with zero attached hydrogens (tertiary/aromatic N) is 3. The number of hydrogen-bond acceptors (Lipinski definition) is 8. The van der Waals surface area contributed by atoms with Gasteiger partial charge in [-0.25, -0.2) is 9.97 Å². The average molecular weight is 393 g/mol. The van der Waals surface area contributed by atoms with E-state index in [9.17, 15) is 5.11 Å². The van der Waals surface area contributed by atoms with Crippen LogP contribution in [0.15, 0.2) is 63.7 Å². The molecule has 0 aliphatic heterocycles. The van der Waals surface area contributed by atoms with Crippen LogP contribution in [0.5, 0.6) is 11.8 Å². The summed E-state index contributed by atoms with van der Waals surface area (Å²) in [6.45, 7) is 1.99. The molecular weight excluding hydrogens is 374 g/mol. The second kappa shape index (κ2) is 8.57. The minimum Gasteiger partial charge on any atom is -0.469 e. The van der Waals surface area contributed by atoms with Crippen molar-refractivity contribution in [2.75, 3.05) is 0 Å². The molecule has 0 aliphatic carbocycles. The Hall–Kier alpha value is -3.65. The number of aromatic nitrogens is 3. The Morgan fingerprint density at radius 2 is 1.90 bits per heavy atom. The first kappa shape index (κ1) is 18.7. The number of ether oxygens (including phenoxy) is 2. The van der Waals surface area contributed by atoms with Crippen LogP contribution >= 0.6 is 0 Å². The first-order chi connectivity index (χ1) is 14.2. The fourth-order valence-electron chi connectivity index (χ4n) is 2.65. The third kappa shape index (κ3) is 4.44. The fraction of sp³-hybridized carbons (Fsp3) is 0.190. The lowest BCUT2D eigenvalue weighted by atomic mass is 10.2. The zero-order valence-electron chi connectivity index (χ0n) is 15.7. The molecule has 8 nitrogen and oxygen atoms in total. The van der Waals surface area contributed by atoms with Crippen molar-refractivity contribution < 1.29 is 23.5 Å². The number of oxazole rings is 1. The maximum absolute atomic E-state index is 9.31. The van der Waals surface area contributed by atoms with Gasteiger partial charge in [-0.3, -0.25) is 0 Å². The van der Waals surface area contributed by atoms with Crippen LogP contribution in [-0.2, 0) is 19.8 Å². The predicted molar refractivity (Wildman–Crippen MR) is 102 cm³/mol. The molecule has 4 aromatic rings. The van der Waals surface area contributed by atoms with Gasteiger partial charge in [-0.2, -0.15) is 0 Å². The standard InChI is InChI=1S/C21H19N3O5/c1-14-18(23-21(28-14)15-6-3-2-4-7-15)13-26-19-10-17(29-24-19)12-27-20-16(11-25)8-5-9-22-20/h2-10,25H,11-13H2,1H3. The quantitative estimate of drug-likeness (QED) is 0.483. The maximum Gasteiger partial charge on any atom is 0.254 e. The molecule has 29 heavy (non-hydrogen) atoms. The third-order valence-electron chi connectivity index (χ3n) is 4.18. The lowest BCUT2D eigenvalue weighted by Crippen LogP contribution is -2.00. The summed E-state index contributed by atoms with van der Waals surface area (Å²) in [5.74, 6) is 2.36. The fourth-order valence-corrected chi connectivity index (χ4v) is 2.65. The number of hydrogen-bond donors (Lipinski definition) is 1. The third-order valence-corrected chi connectivity index (χ3v) is 4.18. The van der Waals surface area contributed by atoms with Crippen LogP contribution < -0.4 is 9.47 Å². The van der Waals surface area contributed by atoms with E-state index in [2.05, 4.69) is 15.1 Å². The van der Waals surface area contributed by atoms with Gasteiger partial charge >= 0.3 is 0 Å². The largest absolute Gasteiger partial charge is 0.469 e. The summed E-state index contributed by atoms with van der Waals surface area (Å²) in [4.78, 5) is 8.58. The topological polar surface area (TPSA) is 104 Å². The SMILES string of the molecule is Cc1oc(-c2ccccc2)nc1COc1cc(COc2ncccc2CO)on1. The minimum atomic E-state index is -0.157. The summed E-state index contributed by atoms with van der Waals surface area (Å²) in [7, 11) is 0. The summed E-state index contributed by atoms with van der Waals surface area (Å²) in [6.07, 6.45) is 1.59. The van der Waals surface area contributed by atoms with Crippen molar-refractivity contribution in [3.63, 3.8) is 0 Å². The molecule has 148 valence electrons. The molecule has 0 aliphatic rings. The van der Waals surface area contributed by atoms with Crippen molar-refractivity contribution in [2.45, 2.75) is 26.7 Å².